The van der Waals surface area contributed by atoms with Crippen LogP contribution in [0.25, 0.3) is 0 Å². The van der Waals surface area contributed by atoms with Crippen LogP contribution in [0.3, 0.4) is 0 Å². The maximum Gasteiger partial charge on any atom is 0.306 e. The molecule has 3 rings (SSSR count). The predicted molar refractivity (Wildman–Crippen MR) is 90.9 cm³/mol. The zero-order valence-corrected chi connectivity index (χ0v) is 14.6. The van der Waals surface area contributed by atoms with E-state index in [2.05, 4.69) is 26.5 Å². The molecule has 2 saturated carbocycles. The molecule has 2 aliphatic rings. The summed E-state index contributed by atoms with van der Waals surface area (Å²) in [6.45, 7) is 6.67. The summed E-state index contributed by atoms with van der Waals surface area (Å²) in [6.07, 6.45) is 2.94. The van der Waals surface area contributed by atoms with Crippen molar-refractivity contribution in [3.05, 3.63) is 29.8 Å². The number of carbonyl (C=O) groups excluding carboxylic acids is 1. The van der Waals surface area contributed by atoms with Crippen LogP contribution < -0.4 is 0 Å². The SMILES string of the molecule is CC(OC(=O)CC1CC2CC1C(C)C2C)c1ccc(S)cc1. The van der Waals surface area contributed by atoms with Crippen molar-refractivity contribution in [3.63, 3.8) is 0 Å². The van der Waals surface area contributed by atoms with Gasteiger partial charge < -0.3 is 4.74 Å². The highest BCUT2D eigenvalue weighted by molar-refractivity contribution is 7.80. The summed E-state index contributed by atoms with van der Waals surface area (Å²) in [5, 5.41) is 0. The molecule has 3 heteroatoms. The molecule has 2 bridgehead atoms. The van der Waals surface area contributed by atoms with Gasteiger partial charge in [0.2, 0.25) is 0 Å². The summed E-state index contributed by atoms with van der Waals surface area (Å²) in [4.78, 5) is 13.2. The van der Waals surface area contributed by atoms with E-state index in [9.17, 15) is 4.79 Å². The van der Waals surface area contributed by atoms with Crippen LogP contribution in [0.5, 0.6) is 0 Å². The lowest BCUT2D eigenvalue weighted by Crippen LogP contribution is -2.26. The molecule has 0 spiro atoms. The van der Waals surface area contributed by atoms with Crippen molar-refractivity contribution >= 4 is 18.6 Å². The van der Waals surface area contributed by atoms with Gasteiger partial charge in [-0.25, -0.2) is 0 Å². The highest BCUT2D eigenvalue weighted by atomic mass is 32.1. The number of hydrogen-bond acceptors (Lipinski definition) is 3. The second kappa shape index (κ2) is 6.27. The number of benzene rings is 1. The minimum absolute atomic E-state index is 0.0418. The molecule has 2 aliphatic carbocycles. The molecule has 0 heterocycles. The first-order chi connectivity index (χ1) is 10.5. The fourth-order valence-electron chi connectivity index (χ4n) is 4.60. The van der Waals surface area contributed by atoms with Gasteiger partial charge in [0.25, 0.3) is 0 Å². The Morgan fingerprint density at radius 1 is 1.23 bits per heavy atom. The van der Waals surface area contributed by atoms with Crippen LogP contribution in [0, 0.1) is 29.6 Å². The number of hydrogen-bond donors (Lipinski definition) is 1. The van der Waals surface area contributed by atoms with Gasteiger partial charge in [-0.05, 0) is 67.1 Å². The molecule has 2 fully saturated rings. The number of thiol groups is 1. The standard InChI is InChI=1S/C19H26O2S/c1-11-12(2)18-9-15(11)8-16(18)10-19(20)21-13(3)14-4-6-17(22)7-5-14/h4-7,11-13,15-16,18,22H,8-10H2,1-3H3. The lowest BCUT2D eigenvalue weighted by Gasteiger charge is -2.31. The summed E-state index contributed by atoms with van der Waals surface area (Å²) in [7, 11) is 0. The van der Waals surface area contributed by atoms with Gasteiger partial charge in [0, 0.05) is 11.3 Å². The van der Waals surface area contributed by atoms with Gasteiger partial charge in [-0.3, -0.25) is 4.79 Å². The highest BCUT2D eigenvalue weighted by Crippen LogP contribution is 2.55. The Morgan fingerprint density at radius 2 is 1.91 bits per heavy atom. The monoisotopic (exact) mass is 318 g/mol. The maximum absolute atomic E-state index is 12.3. The fourth-order valence-corrected chi connectivity index (χ4v) is 4.75. The van der Waals surface area contributed by atoms with Gasteiger partial charge in [-0.1, -0.05) is 26.0 Å². The van der Waals surface area contributed by atoms with Crippen LogP contribution in [0.1, 0.15) is 51.7 Å². The predicted octanol–water partition coefficient (Wildman–Crippen LogP) is 4.90. The average Bonchev–Trinajstić information content (AvgIpc) is 3.00. The van der Waals surface area contributed by atoms with E-state index in [0.29, 0.717) is 12.3 Å². The first-order valence-corrected chi connectivity index (χ1v) is 8.88. The van der Waals surface area contributed by atoms with Crippen LogP contribution in [0.15, 0.2) is 29.2 Å². The summed E-state index contributed by atoms with van der Waals surface area (Å²) in [6, 6.07) is 7.81. The molecular weight excluding hydrogens is 292 g/mol. The average molecular weight is 318 g/mol. The van der Waals surface area contributed by atoms with Gasteiger partial charge in [0.15, 0.2) is 0 Å². The molecule has 22 heavy (non-hydrogen) atoms. The van der Waals surface area contributed by atoms with E-state index in [1.54, 1.807) is 0 Å². The van der Waals surface area contributed by atoms with Gasteiger partial charge in [0.1, 0.15) is 6.10 Å². The van der Waals surface area contributed by atoms with Crippen LogP contribution in [0.2, 0.25) is 0 Å². The Labute approximate surface area is 139 Å². The molecule has 0 amide bonds. The maximum atomic E-state index is 12.3. The fraction of sp³-hybridized carbons (Fsp3) is 0.632. The topological polar surface area (TPSA) is 26.3 Å². The number of rotatable bonds is 4. The third kappa shape index (κ3) is 3.05. The third-order valence-corrected chi connectivity index (χ3v) is 6.43. The highest BCUT2D eigenvalue weighted by Gasteiger charge is 2.49. The molecule has 6 unspecified atom stereocenters. The van der Waals surface area contributed by atoms with Crippen LogP contribution in [-0.4, -0.2) is 5.97 Å². The van der Waals surface area contributed by atoms with E-state index in [1.807, 2.05) is 31.2 Å². The Balaban J connectivity index is 1.54. The second-order valence-corrected chi connectivity index (χ2v) is 7.82. The first kappa shape index (κ1) is 15.9. The normalized spacial score (nSPS) is 34.6. The second-order valence-electron chi connectivity index (χ2n) is 7.30. The van der Waals surface area contributed by atoms with Crippen LogP contribution in [0.4, 0.5) is 0 Å². The van der Waals surface area contributed by atoms with Crippen molar-refractivity contribution in [2.75, 3.05) is 0 Å². The minimum atomic E-state index is -0.184. The lowest BCUT2D eigenvalue weighted by atomic mass is 9.74. The Bertz CT molecular complexity index is 537. The number of carbonyl (C=O) groups is 1. The molecule has 2 nitrogen and oxygen atoms in total. The largest absolute Gasteiger partial charge is 0.458 e. The van der Waals surface area contributed by atoms with Gasteiger partial charge in [-0.2, -0.15) is 0 Å². The van der Waals surface area contributed by atoms with E-state index in [4.69, 9.17) is 4.74 Å². The Morgan fingerprint density at radius 3 is 2.50 bits per heavy atom. The summed E-state index contributed by atoms with van der Waals surface area (Å²) in [5.74, 6) is 3.65. The van der Waals surface area contributed by atoms with Crippen LogP contribution in [-0.2, 0) is 9.53 Å². The van der Waals surface area contributed by atoms with E-state index < -0.39 is 0 Å². The molecule has 0 aliphatic heterocycles. The van der Waals surface area contributed by atoms with Crippen molar-refractivity contribution in [2.45, 2.75) is 51.0 Å². The van der Waals surface area contributed by atoms with E-state index in [0.717, 1.165) is 34.1 Å². The zero-order chi connectivity index (χ0) is 15.9. The van der Waals surface area contributed by atoms with Gasteiger partial charge in [0.05, 0.1) is 0 Å². The molecule has 0 N–H and O–H groups in total. The first-order valence-electron chi connectivity index (χ1n) is 8.44. The van der Waals surface area contributed by atoms with E-state index >= 15 is 0 Å². The molecule has 0 saturated heterocycles. The van der Waals surface area contributed by atoms with E-state index in [1.165, 1.54) is 12.8 Å². The lowest BCUT2D eigenvalue weighted by molar-refractivity contribution is -0.150. The third-order valence-electron chi connectivity index (χ3n) is 6.13. The van der Waals surface area contributed by atoms with Crippen LogP contribution >= 0.6 is 12.6 Å². The zero-order valence-electron chi connectivity index (χ0n) is 13.7. The smallest absolute Gasteiger partial charge is 0.306 e. The summed E-state index contributed by atoms with van der Waals surface area (Å²) in [5.41, 5.74) is 1.03. The van der Waals surface area contributed by atoms with Crippen molar-refractivity contribution in [2.24, 2.45) is 29.6 Å². The molecule has 0 aromatic heterocycles. The molecule has 0 radical (unpaired) electrons. The number of esters is 1. The summed E-state index contributed by atoms with van der Waals surface area (Å²) < 4.78 is 5.64. The number of fused-ring (bicyclic) bond motifs is 2. The molecule has 120 valence electrons. The Kier molecular flexibility index (Phi) is 4.54. The molecule has 1 aromatic rings. The van der Waals surface area contributed by atoms with Crippen molar-refractivity contribution < 1.29 is 9.53 Å². The Hall–Kier alpha value is -0.960. The summed E-state index contributed by atoms with van der Waals surface area (Å²) >= 11 is 4.28. The van der Waals surface area contributed by atoms with Gasteiger partial charge in [-0.15, -0.1) is 12.6 Å². The van der Waals surface area contributed by atoms with Crippen molar-refractivity contribution in [1.82, 2.24) is 0 Å². The van der Waals surface area contributed by atoms with Crippen molar-refractivity contribution in [3.8, 4) is 0 Å². The van der Waals surface area contributed by atoms with Gasteiger partial charge >= 0.3 is 5.97 Å². The molecule has 1 aromatic carbocycles. The molecule has 6 atom stereocenters. The number of ether oxygens (including phenoxy) is 1. The quantitative estimate of drug-likeness (QED) is 0.631. The van der Waals surface area contributed by atoms with E-state index in [-0.39, 0.29) is 12.1 Å². The van der Waals surface area contributed by atoms with Crippen molar-refractivity contribution in [1.29, 1.82) is 0 Å². The minimum Gasteiger partial charge on any atom is -0.458 e. The molecular formula is C19H26O2S.